The largest absolute Gasteiger partial charge is 0.350 e. The van der Waals surface area contributed by atoms with Gasteiger partial charge in [-0.05, 0) is 49.2 Å². The summed E-state index contributed by atoms with van der Waals surface area (Å²) in [5, 5.41) is 3.11. The topological polar surface area (TPSA) is 69.7 Å². The number of halogens is 2. The van der Waals surface area contributed by atoms with E-state index in [1.807, 2.05) is 4.90 Å². The predicted octanol–water partition coefficient (Wildman–Crippen LogP) is 4.79. The van der Waals surface area contributed by atoms with Crippen LogP contribution in [0, 0.1) is 0 Å². The van der Waals surface area contributed by atoms with Crippen molar-refractivity contribution >= 4 is 52.3 Å². The van der Waals surface area contributed by atoms with Crippen molar-refractivity contribution in [3.8, 4) is 0 Å². The third-order valence-corrected chi connectivity index (χ3v) is 5.95. The highest BCUT2D eigenvalue weighted by Crippen LogP contribution is 2.31. The Balaban J connectivity index is 1.55. The van der Waals surface area contributed by atoms with Crippen LogP contribution in [0.25, 0.3) is 0 Å². The number of likely N-dealkylation sites (tertiary alicyclic amines) is 1. The maximum absolute atomic E-state index is 12.9. The van der Waals surface area contributed by atoms with Gasteiger partial charge < -0.3 is 10.2 Å². The molecule has 1 N–H and O–H groups in total. The van der Waals surface area contributed by atoms with Gasteiger partial charge in [0.1, 0.15) is 10.7 Å². The minimum Gasteiger partial charge on any atom is -0.350 e. The first-order chi connectivity index (χ1) is 15.0. The van der Waals surface area contributed by atoms with Crippen LogP contribution < -0.4 is 10.2 Å². The Morgan fingerprint density at radius 1 is 0.871 bits per heavy atom. The predicted molar refractivity (Wildman–Crippen MR) is 121 cm³/mol. The Morgan fingerprint density at radius 2 is 1.58 bits per heavy atom. The molecular formula is C23H21Cl2N3O3. The zero-order chi connectivity index (χ0) is 22.0. The van der Waals surface area contributed by atoms with Crippen molar-refractivity contribution in [2.75, 3.05) is 23.3 Å². The van der Waals surface area contributed by atoms with Gasteiger partial charge in [0, 0.05) is 29.4 Å². The molecule has 8 heteroatoms. The second-order valence-electron chi connectivity index (χ2n) is 7.53. The summed E-state index contributed by atoms with van der Waals surface area (Å²) in [4.78, 5) is 41.3. The van der Waals surface area contributed by atoms with Crippen LogP contribution in [0.3, 0.4) is 0 Å². The lowest BCUT2D eigenvalue weighted by molar-refractivity contribution is -0.120. The monoisotopic (exact) mass is 457 g/mol. The highest BCUT2D eigenvalue weighted by Gasteiger charge is 2.39. The molecule has 0 unspecified atom stereocenters. The SMILES string of the molecule is O=C(c1cccc(NC2=C(Cl)C(=O)N(c3cccc(Cl)c3)C2=O)c1)N1CCCCCC1. The van der Waals surface area contributed by atoms with Crippen molar-refractivity contribution in [1.82, 2.24) is 4.90 Å². The number of imide groups is 1. The Hall–Kier alpha value is -2.83. The zero-order valence-corrected chi connectivity index (χ0v) is 18.2. The molecule has 2 aromatic rings. The van der Waals surface area contributed by atoms with Gasteiger partial charge in [0.15, 0.2) is 0 Å². The van der Waals surface area contributed by atoms with E-state index < -0.39 is 11.8 Å². The number of nitrogens with zero attached hydrogens (tertiary/aromatic N) is 2. The van der Waals surface area contributed by atoms with Crippen molar-refractivity contribution in [3.63, 3.8) is 0 Å². The summed E-state index contributed by atoms with van der Waals surface area (Å²) < 4.78 is 0. The van der Waals surface area contributed by atoms with Gasteiger partial charge in [0.25, 0.3) is 17.7 Å². The van der Waals surface area contributed by atoms with Gasteiger partial charge in [0.05, 0.1) is 5.69 Å². The van der Waals surface area contributed by atoms with Crippen molar-refractivity contribution in [1.29, 1.82) is 0 Å². The minimum atomic E-state index is -0.631. The van der Waals surface area contributed by atoms with E-state index in [0.717, 1.165) is 43.7 Å². The summed E-state index contributed by atoms with van der Waals surface area (Å²) in [6.45, 7) is 1.49. The van der Waals surface area contributed by atoms with Crippen LogP contribution in [0.1, 0.15) is 36.0 Å². The molecule has 0 aliphatic carbocycles. The molecule has 0 saturated carbocycles. The lowest BCUT2D eigenvalue weighted by Crippen LogP contribution is -2.32. The first-order valence-electron chi connectivity index (χ1n) is 10.2. The zero-order valence-electron chi connectivity index (χ0n) is 16.7. The van der Waals surface area contributed by atoms with E-state index in [9.17, 15) is 14.4 Å². The highest BCUT2D eigenvalue weighted by atomic mass is 35.5. The number of nitrogens with one attached hydrogen (secondary N) is 1. The first kappa shape index (κ1) is 21.4. The Morgan fingerprint density at radius 3 is 2.29 bits per heavy atom. The molecule has 0 radical (unpaired) electrons. The number of carbonyl (C=O) groups excluding carboxylic acids is 3. The fraction of sp³-hybridized carbons (Fsp3) is 0.261. The van der Waals surface area contributed by atoms with Crippen molar-refractivity contribution in [2.24, 2.45) is 0 Å². The third kappa shape index (κ3) is 4.45. The van der Waals surface area contributed by atoms with Crippen LogP contribution in [-0.4, -0.2) is 35.7 Å². The lowest BCUT2D eigenvalue weighted by atomic mass is 10.1. The smallest absolute Gasteiger partial charge is 0.283 e. The molecule has 2 aliphatic heterocycles. The van der Waals surface area contributed by atoms with Crippen LogP contribution in [0.5, 0.6) is 0 Å². The first-order valence-corrected chi connectivity index (χ1v) is 10.9. The summed E-state index contributed by atoms with van der Waals surface area (Å²) >= 11 is 12.2. The van der Waals surface area contributed by atoms with Crippen LogP contribution in [0.15, 0.2) is 59.3 Å². The molecule has 0 bridgehead atoms. The van der Waals surface area contributed by atoms with E-state index in [0.29, 0.717) is 22.0 Å². The fourth-order valence-corrected chi connectivity index (χ4v) is 4.19. The quantitative estimate of drug-likeness (QED) is 0.669. The Bertz CT molecular complexity index is 1080. The van der Waals surface area contributed by atoms with Crippen LogP contribution >= 0.6 is 23.2 Å². The number of anilines is 2. The van der Waals surface area contributed by atoms with E-state index in [-0.39, 0.29) is 16.6 Å². The second kappa shape index (κ2) is 9.12. The molecule has 2 aromatic carbocycles. The molecule has 0 aromatic heterocycles. The molecule has 31 heavy (non-hydrogen) atoms. The van der Waals surface area contributed by atoms with Gasteiger partial charge in [-0.1, -0.05) is 48.2 Å². The van der Waals surface area contributed by atoms with Crippen molar-refractivity contribution < 1.29 is 14.4 Å². The molecule has 1 saturated heterocycles. The van der Waals surface area contributed by atoms with Crippen LogP contribution in [-0.2, 0) is 9.59 Å². The maximum atomic E-state index is 12.9. The van der Waals surface area contributed by atoms with E-state index in [4.69, 9.17) is 23.2 Å². The molecule has 1 fully saturated rings. The highest BCUT2D eigenvalue weighted by molar-refractivity contribution is 6.53. The van der Waals surface area contributed by atoms with Gasteiger partial charge >= 0.3 is 0 Å². The molecule has 160 valence electrons. The second-order valence-corrected chi connectivity index (χ2v) is 8.34. The van der Waals surface area contributed by atoms with E-state index in [2.05, 4.69) is 5.32 Å². The van der Waals surface area contributed by atoms with E-state index >= 15 is 0 Å². The van der Waals surface area contributed by atoms with Gasteiger partial charge in [-0.3, -0.25) is 14.4 Å². The van der Waals surface area contributed by atoms with Crippen LogP contribution in [0.4, 0.5) is 11.4 Å². The van der Waals surface area contributed by atoms with E-state index in [1.54, 1.807) is 42.5 Å². The summed E-state index contributed by atoms with van der Waals surface area (Å²) in [5.74, 6) is -1.25. The molecule has 3 amide bonds. The Kier molecular flexibility index (Phi) is 6.30. The number of benzene rings is 2. The fourth-order valence-electron chi connectivity index (χ4n) is 3.79. The Labute approximate surface area is 190 Å². The van der Waals surface area contributed by atoms with Crippen molar-refractivity contribution in [3.05, 3.63) is 69.8 Å². The average molecular weight is 458 g/mol. The van der Waals surface area contributed by atoms with Gasteiger partial charge in [-0.25, -0.2) is 4.90 Å². The number of hydrogen-bond acceptors (Lipinski definition) is 4. The molecular weight excluding hydrogens is 437 g/mol. The molecule has 0 atom stereocenters. The van der Waals surface area contributed by atoms with Gasteiger partial charge in [0.2, 0.25) is 0 Å². The normalized spacial score (nSPS) is 17.2. The maximum Gasteiger partial charge on any atom is 0.283 e. The summed E-state index contributed by atoms with van der Waals surface area (Å²) in [5.41, 5.74) is 1.32. The van der Waals surface area contributed by atoms with Gasteiger partial charge in [-0.2, -0.15) is 0 Å². The summed E-state index contributed by atoms with van der Waals surface area (Å²) in [7, 11) is 0. The van der Waals surface area contributed by atoms with Gasteiger partial charge in [-0.15, -0.1) is 0 Å². The molecule has 2 heterocycles. The summed E-state index contributed by atoms with van der Waals surface area (Å²) in [6, 6.07) is 13.3. The van der Waals surface area contributed by atoms with Crippen LogP contribution in [0.2, 0.25) is 5.02 Å². The standard InChI is InChI=1S/C23H21Cl2N3O3/c24-16-8-6-10-18(14-16)28-22(30)19(25)20(23(28)31)26-17-9-5-7-15(13-17)21(29)27-11-3-1-2-4-12-27/h5-10,13-14,26H,1-4,11-12H2. The third-order valence-electron chi connectivity index (χ3n) is 5.37. The molecule has 4 rings (SSSR count). The number of carbonyl (C=O) groups is 3. The molecule has 6 nitrogen and oxygen atoms in total. The van der Waals surface area contributed by atoms with Crippen molar-refractivity contribution in [2.45, 2.75) is 25.7 Å². The number of rotatable bonds is 4. The van der Waals surface area contributed by atoms with E-state index in [1.165, 1.54) is 6.07 Å². The number of amides is 3. The average Bonchev–Trinajstić information content (AvgIpc) is 2.96. The molecule has 0 spiro atoms. The minimum absolute atomic E-state index is 0.0361. The molecule has 2 aliphatic rings. The summed E-state index contributed by atoms with van der Waals surface area (Å²) in [6.07, 6.45) is 4.28. The lowest BCUT2D eigenvalue weighted by Gasteiger charge is -2.20. The number of hydrogen-bond donors (Lipinski definition) is 1.